The molecular formula is C17H19F2N3OS. The molecule has 128 valence electrons. The number of benzene rings is 1. The van der Waals surface area contributed by atoms with Crippen molar-refractivity contribution in [3.63, 3.8) is 0 Å². The van der Waals surface area contributed by atoms with Gasteiger partial charge in [-0.2, -0.15) is 0 Å². The summed E-state index contributed by atoms with van der Waals surface area (Å²) in [4.78, 5) is 19.8. The summed E-state index contributed by atoms with van der Waals surface area (Å²) in [5.41, 5.74) is 7.26. The molecule has 2 aromatic rings. The van der Waals surface area contributed by atoms with E-state index in [2.05, 4.69) is 4.98 Å². The van der Waals surface area contributed by atoms with Gasteiger partial charge in [-0.3, -0.25) is 4.79 Å². The molecule has 0 saturated carbocycles. The molecular weight excluding hydrogens is 332 g/mol. The molecule has 0 unspecified atom stereocenters. The highest BCUT2D eigenvalue weighted by Gasteiger charge is 2.24. The Kier molecular flexibility index (Phi) is 4.91. The minimum atomic E-state index is -0.543. The Morgan fingerprint density at radius 3 is 3.04 bits per heavy atom. The van der Waals surface area contributed by atoms with E-state index in [9.17, 15) is 13.6 Å². The van der Waals surface area contributed by atoms with E-state index in [1.54, 1.807) is 16.2 Å². The van der Waals surface area contributed by atoms with Crippen molar-refractivity contribution in [2.24, 2.45) is 5.73 Å². The number of hydrogen-bond acceptors (Lipinski definition) is 4. The van der Waals surface area contributed by atoms with Gasteiger partial charge in [0.05, 0.1) is 17.2 Å². The van der Waals surface area contributed by atoms with Gasteiger partial charge in [-0.25, -0.2) is 13.8 Å². The molecule has 1 aromatic carbocycles. The number of nitrogens with two attached hydrogens (primary N) is 1. The van der Waals surface area contributed by atoms with E-state index in [0.29, 0.717) is 13.1 Å². The fourth-order valence-electron chi connectivity index (χ4n) is 2.95. The van der Waals surface area contributed by atoms with Crippen LogP contribution in [0.15, 0.2) is 18.2 Å². The van der Waals surface area contributed by atoms with Gasteiger partial charge >= 0.3 is 0 Å². The molecule has 24 heavy (non-hydrogen) atoms. The zero-order valence-corrected chi connectivity index (χ0v) is 14.2. The second-order valence-electron chi connectivity index (χ2n) is 6.07. The maximum atomic E-state index is 13.7. The number of aryl methyl sites for hydroxylation is 1. The van der Waals surface area contributed by atoms with Crippen LogP contribution in [0.3, 0.4) is 0 Å². The van der Waals surface area contributed by atoms with Gasteiger partial charge in [-0.1, -0.05) is 0 Å². The average Bonchev–Trinajstić information content (AvgIpc) is 2.89. The Labute approximate surface area is 143 Å². The van der Waals surface area contributed by atoms with Crippen LogP contribution >= 0.6 is 11.3 Å². The highest BCUT2D eigenvalue weighted by molar-refractivity contribution is 7.11. The summed E-state index contributed by atoms with van der Waals surface area (Å²) >= 11 is 1.61. The third-order valence-corrected chi connectivity index (χ3v) is 5.12. The number of thiazole rings is 1. The lowest BCUT2D eigenvalue weighted by atomic mass is 10.0. The smallest absolute Gasteiger partial charge is 0.224 e. The van der Waals surface area contributed by atoms with Crippen LogP contribution in [-0.2, 0) is 24.2 Å². The molecule has 1 aliphatic rings. The van der Waals surface area contributed by atoms with Crippen molar-refractivity contribution in [1.82, 2.24) is 9.88 Å². The van der Waals surface area contributed by atoms with Crippen molar-refractivity contribution < 1.29 is 13.6 Å². The van der Waals surface area contributed by atoms with Crippen LogP contribution in [0.25, 0.3) is 0 Å². The van der Waals surface area contributed by atoms with Crippen LogP contribution in [0.2, 0.25) is 0 Å². The summed E-state index contributed by atoms with van der Waals surface area (Å²) in [6.07, 6.45) is 0.996. The van der Waals surface area contributed by atoms with E-state index >= 15 is 0 Å². The molecule has 0 fully saturated rings. The van der Waals surface area contributed by atoms with Gasteiger partial charge in [0.15, 0.2) is 0 Å². The van der Waals surface area contributed by atoms with Gasteiger partial charge in [0.25, 0.3) is 0 Å². The monoisotopic (exact) mass is 351 g/mol. The van der Waals surface area contributed by atoms with Crippen molar-refractivity contribution >= 4 is 17.2 Å². The second kappa shape index (κ2) is 6.94. The number of halogens is 2. The lowest BCUT2D eigenvalue weighted by Gasteiger charge is -2.27. The van der Waals surface area contributed by atoms with Crippen molar-refractivity contribution in [3.8, 4) is 0 Å². The van der Waals surface area contributed by atoms with Crippen LogP contribution in [0.4, 0.5) is 8.78 Å². The first-order valence-electron chi connectivity index (χ1n) is 7.85. The highest BCUT2D eigenvalue weighted by atomic mass is 32.1. The van der Waals surface area contributed by atoms with Crippen LogP contribution in [0.5, 0.6) is 0 Å². The lowest BCUT2D eigenvalue weighted by molar-refractivity contribution is -0.132. The van der Waals surface area contributed by atoms with E-state index in [-0.39, 0.29) is 24.3 Å². The number of fused-ring (bicyclic) bond motifs is 1. The zero-order valence-electron chi connectivity index (χ0n) is 13.4. The summed E-state index contributed by atoms with van der Waals surface area (Å²) in [6, 6.07) is 2.74. The van der Waals surface area contributed by atoms with Gasteiger partial charge in [-0.15, -0.1) is 11.3 Å². The molecule has 2 N–H and O–H groups in total. The summed E-state index contributed by atoms with van der Waals surface area (Å²) < 4.78 is 26.9. The molecule has 1 atom stereocenters. The fraction of sp³-hybridized carbons (Fsp3) is 0.412. The Bertz CT molecular complexity index is 762. The van der Waals surface area contributed by atoms with E-state index in [4.69, 9.17) is 5.73 Å². The van der Waals surface area contributed by atoms with Gasteiger partial charge < -0.3 is 10.6 Å². The van der Waals surface area contributed by atoms with E-state index < -0.39 is 17.7 Å². The van der Waals surface area contributed by atoms with Crippen LogP contribution in [0, 0.1) is 18.6 Å². The third-order valence-electron chi connectivity index (χ3n) is 4.12. The van der Waals surface area contributed by atoms with Gasteiger partial charge in [-0.05, 0) is 37.1 Å². The van der Waals surface area contributed by atoms with Crippen LogP contribution < -0.4 is 5.73 Å². The molecule has 0 aliphatic carbocycles. The number of amides is 1. The minimum absolute atomic E-state index is 0.0592. The number of aromatic nitrogens is 1. The van der Waals surface area contributed by atoms with Crippen molar-refractivity contribution in [3.05, 3.63) is 51.0 Å². The van der Waals surface area contributed by atoms with Crippen LogP contribution in [0.1, 0.15) is 27.6 Å². The first kappa shape index (κ1) is 17.0. The predicted molar refractivity (Wildman–Crippen MR) is 88.6 cm³/mol. The lowest BCUT2D eigenvalue weighted by Crippen LogP contribution is -2.39. The first-order valence-corrected chi connectivity index (χ1v) is 8.66. The number of nitrogens with zero attached hydrogens (tertiary/aromatic N) is 2. The number of carbonyl (C=O) groups is 1. The largest absolute Gasteiger partial charge is 0.337 e. The molecule has 3 rings (SSSR count). The summed E-state index contributed by atoms with van der Waals surface area (Å²) in [7, 11) is 0. The Morgan fingerprint density at radius 1 is 1.46 bits per heavy atom. The van der Waals surface area contributed by atoms with E-state index in [1.165, 1.54) is 0 Å². The summed E-state index contributed by atoms with van der Waals surface area (Å²) in [5, 5.41) is 1.01. The minimum Gasteiger partial charge on any atom is -0.337 e. The van der Waals surface area contributed by atoms with E-state index in [0.717, 1.165) is 40.2 Å². The summed E-state index contributed by atoms with van der Waals surface area (Å²) in [5.74, 6) is -1.06. The Morgan fingerprint density at radius 2 is 2.25 bits per heavy atom. The normalized spacial score (nSPS) is 15.2. The molecule has 7 heteroatoms. The van der Waals surface area contributed by atoms with Gasteiger partial charge in [0.1, 0.15) is 11.6 Å². The second-order valence-corrected chi connectivity index (χ2v) is 7.36. The maximum absolute atomic E-state index is 13.7. The van der Waals surface area contributed by atoms with Crippen LogP contribution in [-0.4, -0.2) is 28.4 Å². The molecule has 0 bridgehead atoms. The quantitative estimate of drug-likeness (QED) is 0.921. The Hall–Kier alpha value is -1.86. The standard InChI is InChI=1S/C17H19F2N3OS/c1-10-21-15-4-5-22(9-16(15)24-10)17(23)8-13(20)7-11-6-12(18)2-3-14(11)19/h2-3,6,13H,4-5,7-9,20H2,1H3/t13-/m1/s1. The molecule has 0 saturated heterocycles. The molecule has 2 heterocycles. The molecule has 0 spiro atoms. The zero-order chi connectivity index (χ0) is 17.3. The molecule has 1 aromatic heterocycles. The molecule has 0 radical (unpaired) electrons. The maximum Gasteiger partial charge on any atom is 0.224 e. The number of carbonyl (C=O) groups excluding carboxylic acids is 1. The van der Waals surface area contributed by atoms with Gasteiger partial charge in [0.2, 0.25) is 5.91 Å². The average molecular weight is 351 g/mol. The molecule has 1 aliphatic heterocycles. The molecule has 1 amide bonds. The Balaban J connectivity index is 1.59. The van der Waals surface area contributed by atoms with Crippen molar-refractivity contribution in [2.75, 3.05) is 6.54 Å². The summed E-state index contributed by atoms with van der Waals surface area (Å²) in [6.45, 7) is 3.13. The van der Waals surface area contributed by atoms with Gasteiger partial charge in [0, 0.05) is 30.3 Å². The first-order chi connectivity index (χ1) is 11.4. The SMILES string of the molecule is Cc1nc2c(s1)CN(C(=O)C[C@H](N)Cc1cc(F)ccc1F)CC2. The fourth-order valence-corrected chi connectivity index (χ4v) is 3.94. The van der Waals surface area contributed by atoms with Crippen molar-refractivity contribution in [1.29, 1.82) is 0 Å². The predicted octanol–water partition coefficient (Wildman–Crippen LogP) is 2.57. The topological polar surface area (TPSA) is 59.2 Å². The highest BCUT2D eigenvalue weighted by Crippen LogP contribution is 2.25. The molecule has 4 nitrogen and oxygen atoms in total. The third kappa shape index (κ3) is 3.79. The van der Waals surface area contributed by atoms with E-state index in [1.807, 2.05) is 6.92 Å². The van der Waals surface area contributed by atoms with Crippen molar-refractivity contribution in [2.45, 2.75) is 38.8 Å². The number of rotatable bonds is 4. The number of hydrogen-bond donors (Lipinski definition) is 1.